The van der Waals surface area contributed by atoms with E-state index < -0.39 is 0 Å². The molecular weight excluding hydrogens is 172 g/mol. The van der Waals surface area contributed by atoms with Crippen molar-refractivity contribution in [3.05, 3.63) is 0 Å². The van der Waals surface area contributed by atoms with Gasteiger partial charge in [-0.05, 0) is 39.0 Å². The summed E-state index contributed by atoms with van der Waals surface area (Å²) in [4.78, 5) is 0. The Bertz CT molecular complexity index is 125. The Morgan fingerprint density at radius 2 is 2.17 bits per heavy atom. The summed E-state index contributed by atoms with van der Waals surface area (Å²) in [7, 11) is 0. The van der Waals surface area contributed by atoms with Crippen LogP contribution in [0.2, 0.25) is 0 Å². The molecule has 1 rings (SSSR count). The number of halogens is 1. The lowest BCUT2D eigenvalue weighted by molar-refractivity contribution is 0.0691. The third-order valence-electron chi connectivity index (χ3n) is 2.51. The van der Waals surface area contributed by atoms with Crippen LogP contribution in [0.5, 0.6) is 0 Å². The molecule has 1 nitrogen and oxygen atoms in total. The maximum Gasteiger partial charge on any atom is 0.0518 e. The first-order chi connectivity index (χ1) is 5.70. The van der Waals surface area contributed by atoms with Gasteiger partial charge in [-0.3, -0.25) is 0 Å². The van der Waals surface area contributed by atoms with Crippen LogP contribution in [0.1, 0.15) is 39.5 Å². The van der Waals surface area contributed by atoms with Crippen molar-refractivity contribution in [3.63, 3.8) is 0 Å². The highest BCUT2D eigenvalue weighted by molar-refractivity contribution is 6.20. The van der Waals surface area contributed by atoms with E-state index in [9.17, 15) is 0 Å². The first-order valence-electron chi connectivity index (χ1n) is 4.96. The molecule has 0 aliphatic heterocycles. The molecule has 0 amide bonds. The largest absolute Gasteiger partial charge is 0.379 e. The molecule has 0 radical (unpaired) electrons. The number of rotatable bonds is 4. The van der Waals surface area contributed by atoms with Crippen LogP contribution < -0.4 is 0 Å². The molecule has 1 saturated carbocycles. The Kier molecular flexibility index (Phi) is 4.38. The van der Waals surface area contributed by atoms with Crippen molar-refractivity contribution < 1.29 is 4.74 Å². The minimum absolute atomic E-state index is 0.361. The van der Waals surface area contributed by atoms with Gasteiger partial charge in [0.05, 0.1) is 6.10 Å². The standard InChI is InChI=1S/C10H19ClO/c1-8(2)12-7-6-9-4-3-5-10(9)11/h8-10H,3-7H2,1-2H3. The van der Waals surface area contributed by atoms with E-state index in [1.165, 1.54) is 19.3 Å². The summed E-state index contributed by atoms with van der Waals surface area (Å²) in [6.07, 6.45) is 5.32. The lowest BCUT2D eigenvalue weighted by Gasteiger charge is -2.14. The summed E-state index contributed by atoms with van der Waals surface area (Å²) in [6.45, 7) is 5.03. The predicted molar refractivity (Wildman–Crippen MR) is 52.7 cm³/mol. The molecule has 0 spiro atoms. The quantitative estimate of drug-likeness (QED) is 0.619. The highest BCUT2D eigenvalue weighted by Crippen LogP contribution is 2.32. The first kappa shape index (κ1) is 10.3. The summed E-state index contributed by atoms with van der Waals surface area (Å²) >= 11 is 6.14. The zero-order valence-electron chi connectivity index (χ0n) is 8.05. The molecule has 2 heteroatoms. The monoisotopic (exact) mass is 190 g/mol. The van der Waals surface area contributed by atoms with E-state index in [4.69, 9.17) is 16.3 Å². The van der Waals surface area contributed by atoms with Crippen LogP contribution in [-0.4, -0.2) is 18.1 Å². The minimum atomic E-state index is 0.361. The van der Waals surface area contributed by atoms with Crippen LogP contribution in [0.25, 0.3) is 0 Å². The van der Waals surface area contributed by atoms with Crippen LogP contribution in [0.3, 0.4) is 0 Å². The fourth-order valence-corrected chi connectivity index (χ4v) is 2.18. The zero-order valence-corrected chi connectivity index (χ0v) is 8.81. The summed E-state index contributed by atoms with van der Waals surface area (Å²) in [5.41, 5.74) is 0. The predicted octanol–water partition coefficient (Wildman–Crippen LogP) is 3.21. The van der Waals surface area contributed by atoms with Crippen molar-refractivity contribution in [2.45, 2.75) is 51.0 Å². The van der Waals surface area contributed by atoms with Crippen molar-refractivity contribution in [2.75, 3.05) is 6.61 Å². The zero-order chi connectivity index (χ0) is 8.97. The van der Waals surface area contributed by atoms with Gasteiger partial charge in [0, 0.05) is 12.0 Å². The van der Waals surface area contributed by atoms with Crippen molar-refractivity contribution in [2.24, 2.45) is 5.92 Å². The molecule has 0 aromatic heterocycles. The van der Waals surface area contributed by atoms with E-state index in [-0.39, 0.29) is 0 Å². The number of hydrogen-bond acceptors (Lipinski definition) is 1. The fourth-order valence-electron chi connectivity index (χ4n) is 1.77. The van der Waals surface area contributed by atoms with Crippen LogP contribution in [-0.2, 0) is 4.74 Å². The summed E-state index contributed by atoms with van der Waals surface area (Å²) in [5, 5.41) is 0.417. The van der Waals surface area contributed by atoms with E-state index in [0.29, 0.717) is 17.4 Å². The van der Waals surface area contributed by atoms with Gasteiger partial charge in [-0.2, -0.15) is 0 Å². The Hall–Kier alpha value is 0.250. The number of hydrogen-bond donors (Lipinski definition) is 0. The number of ether oxygens (including phenoxy) is 1. The van der Waals surface area contributed by atoms with E-state index >= 15 is 0 Å². The van der Waals surface area contributed by atoms with Gasteiger partial charge in [0.1, 0.15) is 0 Å². The molecule has 12 heavy (non-hydrogen) atoms. The molecule has 0 heterocycles. The Balaban J connectivity index is 2.06. The maximum atomic E-state index is 6.14. The first-order valence-corrected chi connectivity index (χ1v) is 5.39. The molecule has 0 aromatic carbocycles. The van der Waals surface area contributed by atoms with Crippen molar-refractivity contribution in [3.8, 4) is 0 Å². The molecule has 1 aliphatic carbocycles. The van der Waals surface area contributed by atoms with Crippen LogP contribution in [0, 0.1) is 5.92 Å². The van der Waals surface area contributed by atoms with Crippen LogP contribution >= 0.6 is 11.6 Å². The summed E-state index contributed by atoms with van der Waals surface area (Å²) in [6, 6.07) is 0. The third-order valence-corrected chi connectivity index (χ3v) is 3.08. The van der Waals surface area contributed by atoms with Gasteiger partial charge in [-0.25, -0.2) is 0 Å². The van der Waals surface area contributed by atoms with E-state index in [1.54, 1.807) is 0 Å². The summed E-state index contributed by atoms with van der Waals surface area (Å²) < 4.78 is 5.49. The minimum Gasteiger partial charge on any atom is -0.379 e. The Labute approximate surface area is 80.4 Å². The smallest absolute Gasteiger partial charge is 0.0518 e. The fraction of sp³-hybridized carbons (Fsp3) is 1.00. The van der Waals surface area contributed by atoms with Gasteiger partial charge < -0.3 is 4.74 Å². The number of alkyl halides is 1. The normalized spacial score (nSPS) is 30.0. The van der Waals surface area contributed by atoms with Crippen molar-refractivity contribution in [1.82, 2.24) is 0 Å². The molecule has 1 fully saturated rings. The lowest BCUT2D eigenvalue weighted by atomic mass is 10.0. The van der Waals surface area contributed by atoms with Crippen molar-refractivity contribution >= 4 is 11.6 Å². The molecule has 0 bridgehead atoms. The maximum absolute atomic E-state index is 6.14. The van der Waals surface area contributed by atoms with Gasteiger partial charge in [0.25, 0.3) is 0 Å². The topological polar surface area (TPSA) is 9.23 Å². The van der Waals surface area contributed by atoms with Gasteiger partial charge in [-0.1, -0.05) is 6.42 Å². The summed E-state index contributed by atoms with van der Waals surface area (Å²) in [5.74, 6) is 0.713. The van der Waals surface area contributed by atoms with E-state index in [2.05, 4.69) is 13.8 Å². The second-order valence-corrected chi connectivity index (χ2v) is 4.48. The van der Waals surface area contributed by atoms with Crippen molar-refractivity contribution in [1.29, 1.82) is 0 Å². The SMILES string of the molecule is CC(C)OCCC1CCCC1Cl. The molecule has 2 unspecified atom stereocenters. The van der Waals surface area contributed by atoms with E-state index in [0.717, 1.165) is 13.0 Å². The molecular formula is C10H19ClO. The Morgan fingerprint density at radius 3 is 2.67 bits per heavy atom. The van der Waals surface area contributed by atoms with Crippen LogP contribution in [0.15, 0.2) is 0 Å². The second kappa shape index (κ2) is 5.08. The molecule has 1 aliphatic rings. The highest BCUT2D eigenvalue weighted by Gasteiger charge is 2.24. The van der Waals surface area contributed by atoms with Gasteiger partial charge in [-0.15, -0.1) is 11.6 Å². The average Bonchev–Trinajstić information content (AvgIpc) is 2.36. The molecule has 0 N–H and O–H groups in total. The lowest BCUT2D eigenvalue weighted by Crippen LogP contribution is -2.12. The molecule has 0 saturated heterocycles. The average molecular weight is 191 g/mol. The van der Waals surface area contributed by atoms with Gasteiger partial charge >= 0.3 is 0 Å². The highest BCUT2D eigenvalue weighted by atomic mass is 35.5. The molecule has 0 aromatic rings. The van der Waals surface area contributed by atoms with Crippen LogP contribution in [0.4, 0.5) is 0 Å². The van der Waals surface area contributed by atoms with Gasteiger partial charge in [0.15, 0.2) is 0 Å². The third kappa shape index (κ3) is 3.32. The van der Waals surface area contributed by atoms with Gasteiger partial charge in [0.2, 0.25) is 0 Å². The molecule has 72 valence electrons. The van der Waals surface area contributed by atoms with E-state index in [1.807, 2.05) is 0 Å². The Morgan fingerprint density at radius 1 is 1.42 bits per heavy atom. The molecule has 2 atom stereocenters. The second-order valence-electron chi connectivity index (χ2n) is 3.92.